The van der Waals surface area contributed by atoms with Crippen LogP contribution in [0.2, 0.25) is 0 Å². The second-order valence-corrected chi connectivity index (χ2v) is 9.84. The summed E-state index contributed by atoms with van der Waals surface area (Å²) in [7, 11) is 0. The van der Waals surface area contributed by atoms with Crippen molar-refractivity contribution in [1.29, 1.82) is 0 Å². The summed E-state index contributed by atoms with van der Waals surface area (Å²) in [6.07, 6.45) is 5.08. The molecule has 0 aliphatic rings. The van der Waals surface area contributed by atoms with Gasteiger partial charge in [0.15, 0.2) is 0 Å². The molecule has 0 aromatic heterocycles. The zero-order valence-electron chi connectivity index (χ0n) is 30.1. The summed E-state index contributed by atoms with van der Waals surface area (Å²) in [4.78, 5) is 21.7. The van der Waals surface area contributed by atoms with Gasteiger partial charge in [0.05, 0.1) is 165 Å². The lowest BCUT2D eigenvalue weighted by Gasteiger charge is -2.09. The Morgan fingerprint density at radius 3 is 0.902 bits per heavy atom. The molecule has 0 atom stereocenters. The summed E-state index contributed by atoms with van der Waals surface area (Å²) < 4.78 is 74.8. The van der Waals surface area contributed by atoms with Crippen molar-refractivity contribution < 1.29 is 81.0 Å². The summed E-state index contributed by atoms with van der Waals surface area (Å²) in [6, 6.07) is 0. The number of hydrogen-bond acceptors (Lipinski definition) is 16. The van der Waals surface area contributed by atoms with E-state index >= 15 is 0 Å². The molecular weight excluding hydrogens is 682 g/mol. The Balaban J connectivity index is 3.09. The third kappa shape index (κ3) is 45.9. The van der Waals surface area contributed by atoms with E-state index < -0.39 is 18.5 Å². The highest BCUT2D eigenvalue weighted by molar-refractivity contribution is 5.77. The quantitative estimate of drug-likeness (QED) is 0.0572. The van der Waals surface area contributed by atoms with Crippen molar-refractivity contribution in [2.75, 3.05) is 192 Å². The lowest BCUT2D eigenvalue weighted by atomic mass is 10.6. The lowest BCUT2D eigenvalue weighted by Crippen LogP contribution is -2.31. The molecule has 0 unspecified atom stereocenters. The number of rotatable bonds is 44. The van der Waals surface area contributed by atoms with Gasteiger partial charge in [-0.15, -0.1) is 6.42 Å². The van der Waals surface area contributed by atoms with Crippen molar-refractivity contribution in [1.82, 2.24) is 5.32 Å². The van der Waals surface area contributed by atoms with E-state index in [1.54, 1.807) is 0 Å². The van der Waals surface area contributed by atoms with E-state index in [2.05, 4.69) is 16.0 Å². The normalized spacial score (nSPS) is 11.2. The number of ether oxygens (including phenoxy) is 14. The zero-order valence-corrected chi connectivity index (χ0v) is 30.1. The van der Waals surface area contributed by atoms with E-state index in [4.69, 9.17) is 73.1 Å². The molecule has 0 spiro atoms. The van der Waals surface area contributed by atoms with Crippen molar-refractivity contribution >= 4 is 11.9 Å². The molecule has 0 aliphatic carbocycles. The monoisotopic (exact) mass is 743 g/mol. The predicted molar refractivity (Wildman–Crippen MR) is 181 cm³/mol. The van der Waals surface area contributed by atoms with Crippen molar-refractivity contribution in [2.24, 2.45) is 0 Å². The Morgan fingerprint density at radius 2 is 0.647 bits per heavy atom. The van der Waals surface area contributed by atoms with Gasteiger partial charge in [-0.25, -0.2) is 4.79 Å². The summed E-state index contributed by atoms with van der Waals surface area (Å²) in [5.74, 6) is 0.866. The molecule has 300 valence electrons. The standard InChI is InChI=1S/C33H61NO17/c1-2-4-38-6-8-40-10-12-42-14-16-44-18-20-46-22-24-48-26-28-50-29-27-49-25-23-47-21-19-45-17-15-43-13-11-41-9-7-39-5-3-34-32(35)30-51-31-33(36)37/h1H,3-31H2,(H,34,35)(H,36,37). The van der Waals surface area contributed by atoms with Gasteiger partial charge in [0, 0.05) is 6.54 Å². The number of aliphatic carboxylic acids is 1. The molecule has 0 saturated heterocycles. The molecule has 0 heterocycles. The Labute approximate surface area is 302 Å². The van der Waals surface area contributed by atoms with Crippen molar-refractivity contribution in [2.45, 2.75) is 0 Å². The fourth-order valence-electron chi connectivity index (χ4n) is 3.31. The van der Waals surface area contributed by atoms with Crippen LogP contribution in [0.1, 0.15) is 0 Å². The average Bonchev–Trinajstić information content (AvgIpc) is 3.12. The molecule has 0 aromatic carbocycles. The molecule has 1 amide bonds. The molecule has 0 aromatic rings. The third-order valence-corrected chi connectivity index (χ3v) is 5.68. The fraction of sp³-hybridized carbons (Fsp3) is 0.879. The summed E-state index contributed by atoms with van der Waals surface area (Å²) in [6.45, 7) is 11.4. The van der Waals surface area contributed by atoms with E-state index in [0.29, 0.717) is 178 Å². The summed E-state index contributed by atoms with van der Waals surface area (Å²) in [5, 5.41) is 11.0. The average molecular weight is 744 g/mol. The van der Waals surface area contributed by atoms with Crippen LogP contribution in [0.4, 0.5) is 0 Å². The lowest BCUT2D eigenvalue weighted by molar-refractivity contribution is -0.143. The SMILES string of the molecule is C#CCOCCOCCOCCOCCOCCOCCOCCOCCOCCOCCOCCOCCOCCNC(=O)COCC(=O)O. The zero-order chi connectivity index (χ0) is 37.0. The highest BCUT2D eigenvalue weighted by Gasteiger charge is 2.03. The Bertz CT molecular complexity index is 774. The van der Waals surface area contributed by atoms with Crippen molar-refractivity contribution in [3.8, 4) is 12.3 Å². The topological polar surface area (TPSA) is 196 Å². The van der Waals surface area contributed by atoms with Gasteiger partial charge in [0.25, 0.3) is 0 Å². The molecule has 0 aliphatic heterocycles. The smallest absolute Gasteiger partial charge is 0.329 e. The van der Waals surface area contributed by atoms with Crippen LogP contribution < -0.4 is 5.32 Å². The molecule has 0 rings (SSSR count). The number of carbonyl (C=O) groups excluding carboxylic acids is 1. The van der Waals surface area contributed by atoms with E-state index in [9.17, 15) is 9.59 Å². The molecule has 0 saturated carbocycles. The first-order valence-corrected chi connectivity index (χ1v) is 17.2. The van der Waals surface area contributed by atoms with E-state index in [1.807, 2.05) is 0 Å². The van der Waals surface area contributed by atoms with Crippen LogP contribution in [0, 0.1) is 12.3 Å². The molecule has 18 heteroatoms. The number of carboxylic acids is 1. The van der Waals surface area contributed by atoms with E-state index in [1.165, 1.54) is 0 Å². The van der Waals surface area contributed by atoms with Crippen LogP contribution in [0.25, 0.3) is 0 Å². The molecule has 0 fully saturated rings. The van der Waals surface area contributed by atoms with Crippen molar-refractivity contribution in [3.05, 3.63) is 0 Å². The highest BCUT2D eigenvalue weighted by Crippen LogP contribution is 1.88. The number of hydrogen-bond donors (Lipinski definition) is 2. The van der Waals surface area contributed by atoms with Gasteiger partial charge in [-0.3, -0.25) is 4.79 Å². The Morgan fingerprint density at radius 1 is 0.392 bits per heavy atom. The van der Waals surface area contributed by atoms with E-state index in [0.717, 1.165) is 0 Å². The maximum Gasteiger partial charge on any atom is 0.329 e. The van der Waals surface area contributed by atoms with Crippen LogP contribution in [-0.2, 0) is 75.9 Å². The molecular formula is C33H61NO17. The second-order valence-electron chi connectivity index (χ2n) is 9.84. The second kappa shape index (κ2) is 44.1. The number of amides is 1. The van der Waals surface area contributed by atoms with Crippen LogP contribution in [0.3, 0.4) is 0 Å². The van der Waals surface area contributed by atoms with Gasteiger partial charge < -0.3 is 76.7 Å². The number of carbonyl (C=O) groups is 2. The molecule has 51 heavy (non-hydrogen) atoms. The minimum atomic E-state index is -1.13. The van der Waals surface area contributed by atoms with Gasteiger partial charge >= 0.3 is 5.97 Å². The first-order chi connectivity index (χ1) is 25.2. The van der Waals surface area contributed by atoms with Gasteiger partial charge in [-0.05, 0) is 0 Å². The first kappa shape index (κ1) is 48.9. The maximum atomic E-state index is 11.4. The van der Waals surface area contributed by atoms with Gasteiger partial charge in [-0.2, -0.15) is 0 Å². The summed E-state index contributed by atoms with van der Waals surface area (Å²) in [5.41, 5.74) is 0. The minimum absolute atomic E-state index is 0.297. The van der Waals surface area contributed by atoms with E-state index in [-0.39, 0.29) is 6.61 Å². The fourth-order valence-corrected chi connectivity index (χ4v) is 3.31. The van der Waals surface area contributed by atoms with Crippen LogP contribution >= 0.6 is 0 Å². The van der Waals surface area contributed by atoms with Crippen LogP contribution in [-0.4, -0.2) is 209 Å². The molecule has 18 nitrogen and oxygen atoms in total. The highest BCUT2D eigenvalue weighted by atomic mass is 16.6. The van der Waals surface area contributed by atoms with Crippen LogP contribution in [0.15, 0.2) is 0 Å². The number of carboxylic acid groups (broad SMARTS) is 1. The molecule has 0 radical (unpaired) electrons. The maximum absolute atomic E-state index is 11.4. The van der Waals surface area contributed by atoms with Gasteiger partial charge in [0.2, 0.25) is 5.91 Å². The largest absolute Gasteiger partial charge is 0.480 e. The molecule has 2 N–H and O–H groups in total. The number of nitrogens with one attached hydrogen (secondary N) is 1. The van der Waals surface area contributed by atoms with Gasteiger partial charge in [0.1, 0.15) is 19.8 Å². The first-order valence-electron chi connectivity index (χ1n) is 17.2. The third-order valence-electron chi connectivity index (χ3n) is 5.68. The Hall–Kier alpha value is -2.06. The predicted octanol–water partition coefficient (Wildman–Crippen LogP) is -0.947. The molecule has 0 bridgehead atoms. The van der Waals surface area contributed by atoms with Gasteiger partial charge in [-0.1, -0.05) is 5.92 Å². The minimum Gasteiger partial charge on any atom is -0.480 e. The summed E-state index contributed by atoms with van der Waals surface area (Å²) >= 11 is 0. The number of terminal acetylenes is 1. The van der Waals surface area contributed by atoms with Crippen molar-refractivity contribution in [3.63, 3.8) is 0 Å². The Kier molecular flexibility index (Phi) is 42.3. The van der Waals surface area contributed by atoms with Crippen LogP contribution in [0.5, 0.6) is 0 Å².